The molecule has 0 saturated carbocycles. The number of para-hydroxylation sites is 2. The van der Waals surface area contributed by atoms with Gasteiger partial charge >= 0.3 is 0 Å². The summed E-state index contributed by atoms with van der Waals surface area (Å²) in [5.41, 5.74) is 3.11. The van der Waals surface area contributed by atoms with Crippen LogP contribution in [0, 0.1) is 0 Å². The number of hydrogen-bond donors (Lipinski definition) is 1. The molecule has 1 aromatic heterocycles. The largest absolute Gasteiger partial charge is 0.493 e. The van der Waals surface area contributed by atoms with Crippen LogP contribution in [0.25, 0.3) is 11.0 Å². The van der Waals surface area contributed by atoms with Crippen LogP contribution in [0.3, 0.4) is 0 Å². The van der Waals surface area contributed by atoms with Crippen molar-refractivity contribution in [3.8, 4) is 11.5 Å². The van der Waals surface area contributed by atoms with E-state index in [0.717, 1.165) is 29.9 Å². The fraction of sp³-hybridized carbons (Fsp3) is 0.548. The lowest BCUT2D eigenvalue weighted by atomic mass is 10.1. The van der Waals surface area contributed by atoms with Gasteiger partial charge in [-0.1, -0.05) is 82.9 Å². The first-order chi connectivity index (χ1) is 18.2. The van der Waals surface area contributed by atoms with E-state index < -0.39 is 0 Å². The third-order valence-corrected chi connectivity index (χ3v) is 6.95. The molecule has 6 heteroatoms. The Hall–Kier alpha value is -3.02. The Balaban J connectivity index is 1.45. The van der Waals surface area contributed by atoms with E-state index in [1.807, 2.05) is 24.3 Å². The lowest BCUT2D eigenvalue weighted by Crippen LogP contribution is -2.28. The third-order valence-electron chi connectivity index (χ3n) is 6.95. The predicted molar refractivity (Wildman–Crippen MR) is 152 cm³/mol. The summed E-state index contributed by atoms with van der Waals surface area (Å²) in [5, 5.41) is 3.06. The van der Waals surface area contributed by atoms with E-state index in [4.69, 9.17) is 14.5 Å². The molecular formula is C31H45N3O3. The Labute approximate surface area is 222 Å². The SMILES string of the molecule is CCCCCCCCCCCCn1c(CCNC(=O)Cc2ccc(OC)c(OC)c2)nc2ccccc21. The molecule has 0 aliphatic carbocycles. The van der Waals surface area contributed by atoms with Crippen LogP contribution in [0.1, 0.15) is 82.5 Å². The molecule has 0 aliphatic heterocycles. The zero-order chi connectivity index (χ0) is 26.3. The second kappa shape index (κ2) is 16.0. The molecule has 0 aliphatic rings. The summed E-state index contributed by atoms with van der Waals surface area (Å²) in [6.45, 7) is 3.81. The molecule has 0 spiro atoms. The normalized spacial score (nSPS) is 11.1. The average molecular weight is 508 g/mol. The van der Waals surface area contributed by atoms with Crippen LogP contribution < -0.4 is 14.8 Å². The molecule has 2 aromatic carbocycles. The number of fused-ring (bicyclic) bond motifs is 1. The minimum atomic E-state index is -0.00965. The van der Waals surface area contributed by atoms with Gasteiger partial charge in [0.25, 0.3) is 0 Å². The maximum Gasteiger partial charge on any atom is 0.224 e. The Kier molecular flexibility index (Phi) is 12.3. The van der Waals surface area contributed by atoms with E-state index in [1.165, 1.54) is 63.3 Å². The van der Waals surface area contributed by atoms with E-state index in [-0.39, 0.29) is 5.91 Å². The molecule has 0 fully saturated rings. The number of nitrogens with zero attached hydrogens (tertiary/aromatic N) is 2. The molecule has 3 aromatic rings. The third kappa shape index (κ3) is 9.10. The molecule has 0 bridgehead atoms. The van der Waals surface area contributed by atoms with E-state index in [1.54, 1.807) is 14.2 Å². The van der Waals surface area contributed by atoms with Gasteiger partial charge in [-0.15, -0.1) is 0 Å². The summed E-state index contributed by atoms with van der Waals surface area (Å²) in [5.74, 6) is 2.33. The molecule has 0 radical (unpaired) electrons. The summed E-state index contributed by atoms with van der Waals surface area (Å²) < 4.78 is 13.0. The van der Waals surface area contributed by atoms with Crippen molar-refractivity contribution in [2.75, 3.05) is 20.8 Å². The highest BCUT2D eigenvalue weighted by Gasteiger charge is 2.12. The first-order valence-electron chi connectivity index (χ1n) is 14.1. The van der Waals surface area contributed by atoms with Gasteiger partial charge in [-0.25, -0.2) is 4.98 Å². The van der Waals surface area contributed by atoms with Gasteiger partial charge in [0.05, 0.1) is 31.7 Å². The fourth-order valence-electron chi connectivity index (χ4n) is 4.88. The van der Waals surface area contributed by atoms with Gasteiger partial charge < -0.3 is 19.4 Å². The Morgan fingerprint density at radius 1 is 0.865 bits per heavy atom. The number of methoxy groups -OCH3 is 2. The highest BCUT2D eigenvalue weighted by Crippen LogP contribution is 2.27. The molecule has 0 atom stereocenters. The first-order valence-corrected chi connectivity index (χ1v) is 14.1. The zero-order valence-electron chi connectivity index (χ0n) is 23.1. The number of rotatable bonds is 18. The fourth-order valence-corrected chi connectivity index (χ4v) is 4.88. The summed E-state index contributed by atoms with van der Waals surface area (Å²) in [7, 11) is 3.21. The number of nitrogens with one attached hydrogen (secondary N) is 1. The van der Waals surface area contributed by atoms with Crippen molar-refractivity contribution in [1.29, 1.82) is 0 Å². The number of benzene rings is 2. The number of aromatic nitrogens is 2. The standard InChI is InChI=1S/C31H45N3O3/c1-4-5-6-7-8-9-10-11-12-15-22-34-27-17-14-13-16-26(27)33-30(34)20-21-32-31(35)24-25-18-19-28(36-2)29(23-25)37-3/h13-14,16-19,23H,4-12,15,20-22,24H2,1-3H3,(H,32,35). The second-order valence-electron chi connectivity index (χ2n) is 9.82. The number of amides is 1. The van der Waals surface area contributed by atoms with Gasteiger partial charge in [0.15, 0.2) is 11.5 Å². The van der Waals surface area contributed by atoms with Crippen LogP contribution in [-0.4, -0.2) is 36.2 Å². The molecule has 6 nitrogen and oxygen atoms in total. The topological polar surface area (TPSA) is 65.4 Å². The van der Waals surface area contributed by atoms with E-state index in [0.29, 0.717) is 30.9 Å². The highest BCUT2D eigenvalue weighted by molar-refractivity contribution is 5.79. The number of hydrogen-bond acceptors (Lipinski definition) is 4. The van der Waals surface area contributed by atoms with Crippen LogP contribution in [0.2, 0.25) is 0 Å². The molecular weight excluding hydrogens is 462 g/mol. The minimum Gasteiger partial charge on any atom is -0.493 e. The molecule has 1 heterocycles. The number of aryl methyl sites for hydroxylation is 1. The maximum atomic E-state index is 12.6. The Bertz CT molecular complexity index is 1090. The average Bonchev–Trinajstić information content (AvgIpc) is 3.26. The van der Waals surface area contributed by atoms with Crippen LogP contribution in [-0.2, 0) is 24.2 Å². The highest BCUT2D eigenvalue weighted by atomic mass is 16.5. The van der Waals surface area contributed by atoms with Crippen LogP contribution in [0.15, 0.2) is 42.5 Å². The van der Waals surface area contributed by atoms with Gasteiger partial charge in [-0.2, -0.15) is 0 Å². The summed E-state index contributed by atoms with van der Waals surface area (Å²) in [4.78, 5) is 17.5. The number of carbonyl (C=O) groups excluding carboxylic acids is 1. The van der Waals surface area contributed by atoms with Gasteiger partial charge in [0.2, 0.25) is 5.91 Å². The van der Waals surface area contributed by atoms with Crippen LogP contribution in [0.4, 0.5) is 0 Å². The van der Waals surface area contributed by atoms with Crippen molar-refractivity contribution < 1.29 is 14.3 Å². The molecule has 0 unspecified atom stereocenters. The van der Waals surface area contributed by atoms with E-state index >= 15 is 0 Å². The van der Waals surface area contributed by atoms with Crippen LogP contribution in [0.5, 0.6) is 11.5 Å². The smallest absolute Gasteiger partial charge is 0.224 e. The van der Waals surface area contributed by atoms with Crippen molar-refractivity contribution in [3.63, 3.8) is 0 Å². The first kappa shape index (κ1) is 28.5. The van der Waals surface area contributed by atoms with Gasteiger partial charge in [0, 0.05) is 19.5 Å². The molecule has 0 saturated heterocycles. The summed E-state index contributed by atoms with van der Waals surface area (Å²) in [6.07, 6.45) is 14.3. The monoisotopic (exact) mass is 507 g/mol. The predicted octanol–water partition coefficient (Wildman–Crippen LogP) is 6.88. The number of carbonyl (C=O) groups is 1. The van der Waals surface area contributed by atoms with E-state index in [2.05, 4.69) is 35.0 Å². The second-order valence-corrected chi connectivity index (χ2v) is 9.82. The number of unbranched alkanes of at least 4 members (excludes halogenated alkanes) is 9. The van der Waals surface area contributed by atoms with Gasteiger partial charge in [-0.05, 0) is 36.2 Å². The maximum absolute atomic E-state index is 12.6. The van der Waals surface area contributed by atoms with Gasteiger partial charge in [0.1, 0.15) is 5.82 Å². The minimum absolute atomic E-state index is 0.00965. The van der Waals surface area contributed by atoms with Crippen molar-refractivity contribution in [3.05, 3.63) is 53.9 Å². The summed E-state index contributed by atoms with van der Waals surface area (Å²) in [6, 6.07) is 13.9. The van der Waals surface area contributed by atoms with Crippen molar-refractivity contribution in [2.24, 2.45) is 0 Å². The van der Waals surface area contributed by atoms with Crippen molar-refractivity contribution >= 4 is 16.9 Å². The van der Waals surface area contributed by atoms with Crippen LogP contribution >= 0.6 is 0 Å². The molecule has 1 N–H and O–H groups in total. The zero-order valence-corrected chi connectivity index (χ0v) is 23.1. The molecule has 3 rings (SSSR count). The molecule has 202 valence electrons. The quantitative estimate of drug-likeness (QED) is 0.191. The number of ether oxygens (including phenoxy) is 2. The molecule has 37 heavy (non-hydrogen) atoms. The van der Waals surface area contributed by atoms with Gasteiger partial charge in [-0.3, -0.25) is 4.79 Å². The van der Waals surface area contributed by atoms with Crippen molar-refractivity contribution in [2.45, 2.75) is 90.5 Å². The summed E-state index contributed by atoms with van der Waals surface area (Å²) >= 11 is 0. The Morgan fingerprint density at radius 3 is 2.24 bits per heavy atom. The lowest BCUT2D eigenvalue weighted by Gasteiger charge is -2.11. The van der Waals surface area contributed by atoms with Crippen molar-refractivity contribution in [1.82, 2.24) is 14.9 Å². The Morgan fingerprint density at radius 2 is 1.54 bits per heavy atom. The van der Waals surface area contributed by atoms with E-state index in [9.17, 15) is 4.79 Å². The number of imidazole rings is 1. The lowest BCUT2D eigenvalue weighted by molar-refractivity contribution is -0.120. The molecule has 1 amide bonds.